The maximum absolute atomic E-state index is 6.59. The molecule has 5 fully saturated rings. The first-order chi connectivity index (χ1) is 14.7. The summed E-state index contributed by atoms with van der Waals surface area (Å²) in [5, 5.41) is 0.966. The van der Waals surface area contributed by atoms with Gasteiger partial charge in [0, 0.05) is 16.6 Å². The molecular formula is C28H48OS2. The molecular weight excluding hydrogens is 416 g/mol. The molecule has 31 heavy (non-hydrogen) atoms. The van der Waals surface area contributed by atoms with Gasteiger partial charge in [0.2, 0.25) is 0 Å². The van der Waals surface area contributed by atoms with Crippen molar-refractivity contribution in [1.82, 2.24) is 0 Å². The molecule has 5 aliphatic rings. The van der Waals surface area contributed by atoms with E-state index >= 15 is 0 Å². The van der Waals surface area contributed by atoms with Gasteiger partial charge < -0.3 is 4.74 Å². The van der Waals surface area contributed by atoms with Crippen molar-refractivity contribution in [3.8, 4) is 0 Å². The van der Waals surface area contributed by atoms with Crippen LogP contribution in [0.4, 0.5) is 0 Å². The second-order valence-corrected chi connectivity index (χ2v) is 16.7. The van der Waals surface area contributed by atoms with E-state index < -0.39 is 0 Å². The van der Waals surface area contributed by atoms with Gasteiger partial charge in [-0.2, -0.15) is 23.5 Å². The Hall–Kier alpha value is 0.660. The Morgan fingerprint density at radius 1 is 0.806 bits per heavy atom. The van der Waals surface area contributed by atoms with Gasteiger partial charge in [-0.3, -0.25) is 0 Å². The Morgan fingerprint density at radius 2 is 1.52 bits per heavy atom. The number of hydrogen-bond acceptors (Lipinski definition) is 3. The molecule has 4 bridgehead atoms. The van der Waals surface area contributed by atoms with E-state index in [0.29, 0.717) is 16.3 Å². The maximum atomic E-state index is 6.59. The van der Waals surface area contributed by atoms with Crippen LogP contribution in [0, 0.1) is 52.8 Å². The summed E-state index contributed by atoms with van der Waals surface area (Å²) in [7, 11) is 0. The van der Waals surface area contributed by atoms with Gasteiger partial charge >= 0.3 is 0 Å². The Kier molecular flexibility index (Phi) is 6.57. The average molecular weight is 465 g/mol. The summed E-state index contributed by atoms with van der Waals surface area (Å²) in [5.74, 6) is 11.0. The van der Waals surface area contributed by atoms with E-state index in [2.05, 4.69) is 65.1 Å². The SMILES string of the molecule is CCC(C)(C)SCCCOC1CC2CC1C1C3CC(C4CC(SCC(C)(C)C)CC43)C21. The van der Waals surface area contributed by atoms with Crippen molar-refractivity contribution in [3.05, 3.63) is 0 Å². The van der Waals surface area contributed by atoms with Crippen LogP contribution in [0.5, 0.6) is 0 Å². The summed E-state index contributed by atoms with van der Waals surface area (Å²) in [6, 6.07) is 0. The predicted molar refractivity (Wildman–Crippen MR) is 138 cm³/mol. The topological polar surface area (TPSA) is 9.23 Å². The van der Waals surface area contributed by atoms with E-state index in [1.165, 1.54) is 37.2 Å². The zero-order valence-electron chi connectivity index (χ0n) is 21.1. The second-order valence-electron chi connectivity index (χ2n) is 13.6. The molecule has 0 amide bonds. The summed E-state index contributed by atoms with van der Waals surface area (Å²) in [5.41, 5.74) is 0.478. The smallest absolute Gasteiger partial charge is 0.0609 e. The number of fused-ring (bicyclic) bond motifs is 12. The molecule has 5 aliphatic carbocycles. The number of hydrogen-bond donors (Lipinski definition) is 0. The van der Waals surface area contributed by atoms with Gasteiger partial charge in [-0.1, -0.05) is 41.5 Å². The minimum absolute atomic E-state index is 0.434. The summed E-state index contributed by atoms with van der Waals surface area (Å²) in [6.45, 7) is 15.3. The summed E-state index contributed by atoms with van der Waals surface area (Å²) < 4.78 is 7.03. The van der Waals surface area contributed by atoms with Gasteiger partial charge in [-0.25, -0.2) is 0 Å². The fourth-order valence-electron chi connectivity index (χ4n) is 8.65. The van der Waals surface area contributed by atoms with Crippen LogP contribution in [0.15, 0.2) is 0 Å². The summed E-state index contributed by atoms with van der Waals surface area (Å²) >= 11 is 4.45. The van der Waals surface area contributed by atoms with Crippen LogP contribution in [0.1, 0.15) is 86.5 Å². The lowest BCUT2D eigenvalue weighted by molar-refractivity contribution is -0.0426. The Labute approximate surface area is 201 Å². The zero-order valence-corrected chi connectivity index (χ0v) is 22.7. The molecule has 3 heteroatoms. The lowest BCUT2D eigenvalue weighted by Crippen LogP contribution is -2.41. The highest BCUT2D eigenvalue weighted by Gasteiger charge is 2.68. The highest BCUT2D eigenvalue weighted by atomic mass is 32.2. The van der Waals surface area contributed by atoms with Crippen LogP contribution in [0.3, 0.4) is 0 Å². The maximum Gasteiger partial charge on any atom is 0.0609 e. The summed E-state index contributed by atoms with van der Waals surface area (Å²) in [6.07, 6.45) is 10.7. The summed E-state index contributed by atoms with van der Waals surface area (Å²) in [4.78, 5) is 0. The molecule has 0 aromatic carbocycles. The minimum atomic E-state index is 0.434. The fraction of sp³-hybridized carbons (Fsp3) is 1.00. The van der Waals surface area contributed by atoms with Crippen LogP contribution in [-0.2, 0) is 4.74 Å². The molecule has 0 spiro atoms. The Balaban J connectivity index is 1.12. The van der Waals surface area contributed by atoms with Crippen molar-refractivity contribution >= 4 is 23.5 Å². The van der Waals surface area contributed by atoms with Gasteiger partial charge in [-0.15, -0.1) is 0 Å². The quantitative estimate of drug-likeness (QED) is 0.255. The van der Waals surface area contributed by atoms with Gasteiger partial charge in [0.15, 0.2) is 0 Å². The van der Waals surface area contributed by atoms with Crippen LogP contribution < -0.4 is 0 Å². The highest BCUT2D eigenvalue weighted by Crippen LogP contribution is 2.73. The largest absolute Gasteiger partial charge is 0.378 e. The predicted octanol–water partition coefficient (Wildman–Crippen LogP) is 7.78. The molecule has 178 valence electrons. The van der Waals surface area contributed by atoms with Crippen molar-refractivity contribution < 1.29 is 4.74 Å². The van der Waals surface area contributed by atoms with Gasteiger partial charge in [-0.05, 0) is 109 Å². The van der Waals surface area contributed by atoms with Crippen molar-refractivity contribution in [2.75, 3.05) is 18.1 Å². The first-order valence-electron chi connectivity index (χ1n) is 13.5. The first-order valence-corrected chi connectivity index (χ1v) is 15.6. The van der Waals surface area contributed by atoms with Crippen molar-refractivity contribution in [3.63, 3.8) is 0 Å². The molecule has 5 rings (SSSR count). The molecule has 0 aromatic rings. The zero-order chi connectivity index (χ0) is 22.0. The minimum Gasteiger partial charge on any atom is -0.378 e. The molecule has 1 nitrogen and oxygen atoms in total. The van der Waals surface area contributed by atoms with Crippen molar-refractivity contribution in [2.45, 2.75) is 103 Å². The Bertz CT molecular complexity index is 639. The van der Waals surface area contributed by atoms with E-state index in [1.807, 2.05) is 0 Å². The van der Waals surface area contributed by atoms with Gasteiger partial charge in [0.1, 0.15) is 0 Å². The molecule has 0 saturated heterocycles. The fourth-order valence-corrected chi connectivity index (χ4v) is 11.1. The van der Waals surface area contributed by atoms with Crippen LogP contribution in [0.25, 0.3) is 0 Å². The van der Waals surface area contributed by atoms with E-state index in [1.54, 1.807) is 19.3 Å². The van der Waals surface area contributed by atoms with E-state index in [-0.39, 0.29) is 0 Å². The average Bonchev–Trinajstić information content (AvgIpc) is 3.47. The van der Waals surface area contributed by atoms with Gasteiger partial charge in [0.05, 0.1) is 6.10 Å². The third kappa shape index (κ3) is 4.52. The third-order valence-electron chi connectivity index (χ3n) is 10.0. The molecule has 10 atom stereocenters. The normalized spacial score (nSPS) is 45.5. The molecule has 0 aromatic heterocycles. The molecule has 0 N–H and O–H groups in total. The highest BCUT2D eigenvalue weighted by molar-refractivity contribution is 8.00. The van der Waals surface area contributed by atoms with E-state index in [4.69, 9.17) is 4.74 Å². The first kappa shape index (κ1) is 23.4. The lowest BCUT2D eigenvalue weighted by Gasteiger charge is -2.43. The molecule has 0 radical (unpaired) electrons. The molecule has 0 heterocycles. The monoisotopic (exact) mass is 464 g/mol. The van der Waals surface area contributed by atoms with E-state index in [0.717, 1.165) is 59.2 Å². The van der Waals surface area contributed by atoms with Gasteiger partial charge in [0.25, 0.3) is 0 Å². The van der Waals surface area contributed by atoms with Crippen molar-refractivity contribution in [2.24, 2.45) is 52.8 Å². The van der Waals surface area contributed by atoms with E-state index in [9.17, 15) is 0 Å². The van der Waals surface area contributed by atoms with Crippen LogP contribution in [-0.4, -0.2) is 34.2 Å². The molecule has 0 aliphatic heterocycles. The number of ether oxygens (including phenoxy) is 1. The Morgan fingerprint density at radius 3 is 2.19 bits per heavy atom. The standard InChI is InChI=1S/C28H48OS2/c1-7-28(5,6)31-10-8-9-29-24-12-17-11-23(24)26-22-15-21(25(17)26)19-13-18(14-20(19)22)30-16-27(2,3)4/h17-26H,7-16H2,1-6H3. The third-order valence-corrected chi connectivity index (χ3v) is 13.5. The number of rotatable bonds is 9. The number of thioether (sulfide) groups is 2. The second kappa shape index (κ2) is 8.71. The lowest BCUT2D eigenvalue weighted by atomic mass is 9.64. The van der Waals surface area contributed by atoms with Crippen LogP contribution >= 0.6 is 23.5 Å². The van der Waals surface area contributed by atoms with Crippen LogP contribution in [0.2, 0.25) is 0 Å². The molecule has 5 saturated carbocycles. The van der Waals surface area contributed by atoms with Crippen molar-refractivity contribution in [1.29, 1.82) is 0 Å². The molecule has 10 unspecified atom stereocenters.